The first-order valence-corrected chi connectivity index (χ1v) is 11.6. The van der Waals surface area contributed by atoms with Gasteiger partial charge in [-0.2, -0.15) is 23.4 Å². The molecule has 0 bridgehead atoms. The molecule has 0 unspecified atom stereocenters. The van der Waals surface area contributed by atoms with Crippen LogP contribution in [-0.4, -0.2) is 30.3 Å². The van der Waals surface area contributed by atoms with Gasteiger partial charge in [-0.3, -0.25) is 9.48 Å². The van der Waals surface area contributed by atoms with Crippen molar-refractivity contribution in [2.45, 2.75) is 26.1 Å². The van der Waals surface area contributed by atoms with Crippen molar-refractivity contribution in [2.75, 3.05) is 5.32 Å². The first kappa shape index (κ1) is 22.8. The number of aromatic nitrogens is 5. The molecule has 1 aromatic carbocycles. The van der Waals surface area contributed by atoms with Crippen LogP contribution in [0.5, 0.6) is 0 Å². The van der Waals surface area contributed by atoms with Gasteiger partial charge in [0.2, 0.25) is 0 Å². The number of anilines is 1. The molecule has 0 atom stereocenters. The molecular formula is C24H19F3N6OS. The van der Waals surface area contributed by atoms with Crippen LogP contribution in [0, 0.1) is 0 Å². The Labute approximate surface area is 201 Å². The number of hydrogen-bond acceptors (Lipinski definition) is 5. The Morgan fingerprint density at radius 1 is 1.06 bits per heavy atom. The maximum Gasteiger partial charge on any atom is 0.433 e. The molecule has 178 valence electrons. The number of halogens is 3. The Hall–Kier alpha value is -3.99. The molecule has 0 radical (unpaired) electrons. The van der Waals surface area contributed by atoms with Crippen LogP contribution in [0.1, 0.15) is 33.5 Å². The van der Waals surface area contributed by atoms with E-state index in [4.69, 9.17) is 0 Å². The maximum atomic E-state index is 13.8. The zero-order valence-electron chi connectivity index (χ0n) is 18.5. The third kappa shape index (κ3) is 4.80. The number of hydrogen-bond donors (Lipinski definition) is 1. The molecule has 5 rings (SSSR count). The third-order valence-electron chi connectivity index (χ3n) is 5.28. The molecule has 0 aliphatic rings. The molecule has 0 aliphatic carbocycles. The lowest BCUT2D eigenvalue weighted by Gasteiger charge is -2.10. The minimum absolute atomic E-state index is 0.0685. The predicted octanol–water partition coefficient (Wildman–Crippen LogP) is 5.54. The van der Waals surface area contributed by atoms with E-state index >= 15 is 0 Å². The molecule has 1 N–H and O–H groups in total. The van der Waals surface area contributed by atoms with E-state index < -0.39 is 17.8 Å². The van der Waals surface area contributed by atoms with Gasteiger partial charge in [0.25, 0.3) is 5.91 Å². The average Bonchev–Trinajstić information content (AvgIpc) is 3.58. The van der Waals surface area contributed by atoms with Gasteiger partial charge in [0.15, 0.2) is 22.9 Å². The highest BCUT2D eigenvalue weighted by Gasteiger charge is 2.36. The predicted molar refractivity (Wildman–Crippen MR) is 126 cm³/mol. The largest absolute Gasteiger partial charge is 0.433 e. The first-order valence-electron chi connectivity index (χ1n) is 10.8. The maximum absolute atomic E-state index is 13.8. The Morgan fingerprint density at radius 2 is 1.86 bits per heavy atom. The molecule has 4 heterocycles. The molecule has 0 fully saturated rings. The van der Waals surface area contributed by atoms with Crippen molar-refractivity contribution in [3.63, 3.8) is 0 Å². The van der Waals surface area contributed by atoms with Gasteiger partial charge in [-0.25, -0.2) is 9.50 Å². The number of carbonyl (C=O) groups excluding carboxylic acids is 1. The van der Waals surface area contributed by atoms with E-state index in [0.717, 1.165) is 22.9 Å². The van der Waals surface area contributed by atoms with Gasteiger partial charge >= 0.3 is 6.18 Å². The van der Waals surface area contributed by atoms with Crippen molar-refractivity contribution in [1.29, 1.82) is 0 Å². The number of fused-ring (bicyclic) bond motifs is 1. The van der Waals surface area contributed by atoms with Gasteiger partial charge < -0.3 is 5.32 Å². The fourth-order valence-electron chi connectivity index (χ4n) is 3.59. The second-order valence-electron chi connectivity index (χ2n) is 7.78. The van der Waals surface area contributed by atoms with Crippen LogP contribution in [0.2, 0.25) is 0 Å². The fourth-order valence-corrected chi connectivity index (χ4v) is 4.49. The third-order valence-corrected chi connectivity index (χ3v) is 6.53. The summed E-state index contributed by atoms with van der Waals surface area (Å²) in [5, 5.41) is 10.8. The standard InChI is InChI=1S/C24H19F3N6OS/c1-2-16-8-9-19(35-16)17-12-20(24(25,26)27)33-22(28-17)13-18(30-33)23(34)29-21-10-11-32(31-21)14-15-6-4-3-5-7-15/h3-13H,2,14H2,1H3,(H,29,31,34). The van der Waals surface area contributed by atoms with E-state index in [9.17, 15) is 18.0 Å². The summed E-state index contributed by atoms with van der Waals surface area (Å²) in [5.74, 6) is -0.419. The number of amides is 1. The summed E-state index contributed by atoms with van der Waals surface area (Å²) in [6.07, 6.45) is -2.21. The Balaban J connectivity index is 1.43. The average molecular weight is 497 g/mol. The van der Waals surface area contributed by atoms with E-state index in [2.05, 4.69) is 20.5 Å². The van der Waals surface area contributed by atoms with Crippen LogP contribution in [0.3, 0.4) is 0 Å². The molecule has 11 heteroatoms. The first-order chi connectivity index (χ1) is 16.8. The molecule has 0 saturated carbocycles. The SMILES string of the molecule is CCc1ccc(-c2cc(C(F)(F)F)n3nc(C(=O)Nc4ccn(Cc5ccccc5)n4)cc3n2)s1. The van der Waals surface area contributed by atoms with Crippen LogP contribution in [0.15, 0.2) is 66.9 Å². The van der Waals surface area contributed by atoms with Crippen molar-refractivity contribution in [3.05, 3.63) is 88.7 Å². The zero-order chi connectivity index (χ0) is 24.6. The van der Waals surface area contributed by atoms with Gasteiger partial charge in [-0.15, -0.1) is 11.3 Å². The Bertz CT molecular complexity index is 1500. The van der Waals surface area contributed by atoms with Crippen molar-refractivity contribution in [3.8, 4) is 10.6 Å². The van der Waals surface area contributed by atoms with Crippen LogP contribution < -0.4 is 5.32 Å². The van der Waals surface area contributed by atoms with Crippen molar-refractivity contribution < 1.29 is 18.0 Å². The number of nitrogens with one attached hydrogen (secondary N) is 1. The van der Waals surface area contributed by atoms with Crippen LogP contribution in [0.25, 0.3) is 16.2 Å². The lowest BCUT2D eigenvalue weighted by Crippen LogP contribution is -2.16. The number of nitrogens with zero attached hydrogens (tertiary/aromatic N) is 5. The van der Waals surface area contributed by atoms with Crippen LogP contribution in [0.4, 0.5) is 19.0 Å². The summed E-state index contributed by atoms with van der Waals surface area (Å²) < 4.78 is 43.8. The minimum atomic E-state index is -4.68. The van der Waals surface area contributed by atoms with Gasteiger partial charge in [-0.1, -0.05) is 37.3 Å². The molecule has 4 aromatic heterocycles. The van der Waals surface area contributed by atoms with E-state index in [1.54, 1.807) is 23.0 Å². The van der Waals surface area contributed by atoms with Gasteiger partial charge in [0, 0.05) is 23.2 Å². The van der Waals surface area contributed by atoms with E-state index in [1.807, 2.05) is 43.3 Å². The molecule has 7 nitrogen and oxygen atoms in total. The van der Waals surface area contributed by atoms with Crippen molar-refractivity contribution >= 4 is 28.7 Å². The molecule has 0 spiro atoms. The normalized spacial score (nSPS) is 11.8. The summed E-state index contributed by atoms with van der Waals surface area (Å²) >= 11 is 1.38. The van der Waals surface area contributed by atoms with E-state index in [1.165, 1.54) is 17.4 Å². The van der Waals surface area contributed by atoms with Crippen LogP contribution in [-0.2, 0) is 19.1 Å². The molecule has 0 saturated heterocycles. The van der Waals surface area contributed by atoms with E-state index in [-0.39, 0.29) is 22.9 Å². The molecular weight excluding hydrogens is 477 g/mol. The summed E-state index contributed by atoms with van der Waals surface area (Å²) in [6.45, 7) is 2.48. The topological polar surface area (TPSA) is 77.1 Å². The molecule has 5 aromatic rings. The highest BCUT2D eigenvalue weighted by atomic mass is 32.1. The summed E-state index contributed by atoms with van der Waals surface area (Å²) in [5.41, 5.74) is -0.0532. The monoisotopic (exact) mass is 496 g/mol. The van der Waals surface area contributed by atoms with Crippen LogP contribution >= 0.6 is 11.3 Å². The van der Waals surface area contributed by atoms with Crippen molar-refractivity contribution in [2.24, 2.45) is 0 Å². The Kier molecular flexibility index (Phi) is 5.85. The number of rotatable bonds is 6. The number of aryl methyl sites for hydroxylation is 1. The molecule has 1 amide bonds. The minimum Gasteiger partial charge on any atom is -0.304 e. The smallest absolute Gasteiger partial charge is 0.304 e. The quantitative estimate of drug-likeness (QED) is 0.335. The zero-order valence-corrected chi connectivity index (χ0v) is 19.3. The lowest BCUT2D eigenvalue weighted by atomic mass is 10.2. The van der Waals surface area contributed by atoms with Crippen molar-refractivity contribution in [1.82, 2.24) is 24.4 Å². The second kappa shape index (κ2) is 8.99. The number of alkyl halides is 3. The highest BCUT2D eigenvalue weighted by Crippen LogP contribution is 2.34. The number of carbonyl (C=O) groups is 1. The van der Waals surface area contributed by atoms with Gasteiger partial charge in [0.05, 0.1) is 17.1 Å². The summed E-state index contributed by atoms with van der Waals surface area (Å²) in [6, 6.07) is 17.1. The summed E-state index contributed by atoms with van der Waals surface area (Å²) in [4.78, 5) is 18.8. The highest BCUT2D eigenvalue weighted by molar-refractivity contribution is 7.15. The number of benzene rings is 1. The Morgan fingerprint density at radius 3 is 2.57 bits per heavy atom. The van der Waals surface area contributed by atoms with Gasteiger partial charge in [-0.05, 0) is 30.2 Å². The second-order valence-corrected chi connectivity index (χ2v) is 8.95. The molecule has 0 aliphatic heterocycles. The molecule has 35 heavy (non-hydrogen) atoms. The number of thiophene rings is 1. The fraction of sp³-hybridized carbons (Fsp3) is 0.167. The van der Waals surface area contributed by atoms with E-state index in [0.29, 0.717) is 15.9 Å². The lowest BCUT2D eigenvalue weighted by molar-refractivity contribution is -0.142. The summed E-state index contributed by atoms with van der Waals surface area (Å²) in [7, 11) is 0. The van der Waals surface area contributed by atoms with Gasteiger partial charge in [0.1, 0.15) is 0 Å².